The number of ether oxygens (including phenoxy) is 1. The van der Waals surface area contributed by atoms with E-state index < -0.39 is 0 Å². The highest BCUT2D eigenvalue weighted by Crippen LogP contribution is 2.33. The van der Waals surface area contributed by atoms with E-state index in [9.17, 15) is 5.11 Å². The molecule has 1 saturated carbocycles. The van der Waals surface area contributed by atoms with Crippen molar-refractivity contribution >= 4 is 0 Å². The van der Waals surface area contributed by atoms with Crippen LogP contribution in [-0.2, 0) is 6.42 Å². The number of benzene rings is 1. The maximum atomic E-state index is 9.71. The third-order valence-electron chi connectivity index (χ3n) is 3.26. The first-order valence-corrected chi connectivity index (χ1v) is 6.74. The van der Waals surface area contributed by atoms with Gasteiger partial charge in [-0.25, -0.2) is 0 Å². The largest absolute Gasteiger partial charge is 0.504 e. The van der Waals surface area contributed by atoms with Gasteiger partial charge in [-0.3, -0.25) is 0 Å². The predicted molar refractivity (Wildman–Crippen MR) is 69.6 cm³/mol. The van der Waals surface area contributed by atoms with E-state index in [0.29, 0.717) is 5.75 Å². The van der Waals surface area contributed by atoms with Gasteiger partial charge >= 0.3 is 0 Å². The van der Waals surface area contributed by atoms with Gasteiger partial charge in [0.15, 0.2) is 11.5 Å². The second-order valence-corrected chi connectivity index (χ2v) is 5.01. The minimum atomic E-state index is 0.268. The summed E-state index contributed by atoms with van der Waals surface area (Å²) in [6.45, 7) is 2.97. The highest BCUT2D eigenvalue weighted by atomic mass is 16.5. The molecule has 0 unspecified atom stereocenters. The fraction of sp³-hybridized carbons (Fsp3) is 0.600. The van der Waals surface area contributed by atoms with E-state index in [1.165, 1.54) is 37.7 Å². The van der Waals surface area contributed by atoms with Crippen LogP contribution in [0.2, 0.25) is 0 Å². The lowest BCUT2D eigenvalue weighted by molar-refractivity contribution is 0.284. The van der Waals surface area contributed by atoms with Crippen LogP contribution in [-0.4, -0.2) is 11.7 Å². The minimum absolute atomic E-state index is 0.268. The van der Waals surface area contributed by atoms with Crippen molar-refractivity contribution in [2.45, 2.75) is 45.4 Å². The topological polar surface area (TPSA) is 29.5 Å². The molecule has 0 aromatic heterocycles. The summed E-state index contributed by atoms with van der Waals surface area (Å²) < 4.78 is 5.66. The first-order valence-electron chi connectivity index (χ1n) is 6.74. The third-order valence-corrected chi connectivity index (χ3v) is 3.26. The number of hydrogen-bond acceptors (Lipinski definition) is 2. The van der Waals surface area contributed by atoms with E-state index in [2.05, 4.69) is 6.92 Å². The average molecular weight is 234 g/mol. The van der Waals surface area contributed by atoms with Crippen molar-refractivity contribution in [3.8, 4) is 11.5 Å². The number of aromatic hydroxyl groups is 1. The monoisotopic (exact) mass is 234 g/mol. The van der Waals surface area contributed by atoms with Gasteiger partial charge in [0.1, 0.15) is 0 Å². The SMILES string of the molecule is CCCCCc1ccc(O)c(OCC2CC2)c1. The Labute approximate surface area is 104 Å². The maximum absolute atomic E-state index is 9.71. The molecule has 0 aliphatic heterocycles. The zero-order chi connectivity index (χ0) is 12.1. The molecule has 1 aliphatic rings. The second-order valence-electron chi connectivity index (χ2n) is 5.01. The highest BCUT2D eigenvalue weighted by Gasteiger charge is 2.22. The van der Waals surface area contributed by atoms with Crippen LogP contribution in [0.4, 0.5) is 0 Å². The van der Waals surface area contributed by atoms with Crippen LogP contribution in [0.3, 0.4) is 0 Å². The Hall–Kier alpha value is -1.18. The van der Waals surface area contributed by atoms with E-state index in [1.807, 2.05) is 12.1 Å². The van der Waals surface area contributed by atoms with Crippen LogP contribution in [0.5, 0.6) is 11.5 Å². The molecule has 94 valence electrons. The molecule has 0 heterocycles. The molecule has 1 fully saturated rings. The quantitative estimate of drug-likeness (QED) is 0.725. The summed E-state index contributed by atoms with van der Waals surface area (Å²) in [6, 6.07) is 5.74. The Morgan fingerprint density at radius 1 is 1.29 bits per heavy atom. The normalized spacial score (nSPS) is 14.9. The molecule has 0 spiro atoms. The lowest BCUT2D eigenvalue weighted by Crippen LogP contribution is -1.99. The first kappa shape index (κ1) is 12.3. The molecule has 2 heteroatoms. The molecule has 17 heavy (non-hydrogen) atoms. The maximum Gasteiger partial charge on any atom is 0.161 e. The zero-order valence-electron chi connectivity index (χ0n) is 10.6. The molecule has 0 radical (unpaired) electrons. The molecule has 1 aromatic rings. The molecule has 0 bridgehead atoms. The highest BCUT2D eigenvalue weighted by molar-refractivity contribution is 5.41. The molecule has 0 amide bonds. The number of aryl methyl sites for hydroxylation is 1. The molecule has 1 aromatic carbocycles. The van der Waals surface area contributed by atoms with Gasteiger partial charge in [-0.15, -0.1) is 0 Å². The van der Waals surface area contributed by atoms with Crippen molar-refractivity contribution in [1.29, 1.82) is 0 Å². The summed E-state index contributed by atoms with van der Waals surface area (Å²) in [7, 11) is 0. The van der Waals surface area contributed by atoms with Gasteiger partial charge < -0.3 is 9.84 Å². The van der Waals surface area contributed by atoms with E-state index >= 15 is 0 Å². The fourth-order valence-electron chi connectivity index (χ4n) is 1.90. The van der Waals surface area contributed by atoms with Gasteiger partial charge in [-0.1, -0.05) is 25.8 Å². The third kappa shape index (κ3) is 3.95. The van der Waals surface area contributed by atoms with Gasteiger partial charge in [0.2, 0.25) is 0 Å². The zero-order valence-corrected chi connectivity index (χ0v) is 10.6. The summed E-state index contributed by atoms with van der Waals surface area (Å²) >= 11 is 0. The van der Waals surface area contributed by atoms with Crippen molar-refractivity contribution in [3.05, 3.63) is 23.8 Å². The Morgan fingerprint density at radius 3 is 2.82 bits per heavy atom. The lowest BCUT2D eigenvalue weighted by Gasteiger charge is -2.09. The summed E-state index contributed by atoms with van der Waals surface area (Å²) in [6.07, 6.45) is 7.34. The molecular formula is C15H22O2. The van der Waals surface area contributed by atoms with Crippen LogP contribution in [0, 0.1) is 5.92 Å². The lowest BCUT2D eigenvalue weighted by atomic mass is 10.1. The van der Waals surface area contributed by atoms with Crippen LogP contribution in [0.1, 0.15) is 44.6 Å². The summed E-state index contributed by atoms with van der Waals surface area (Å²) in [5.74, 6) is 1.65. The smallest absolute Gasteiger partial charge is 0.161 e. The van der Waals surface area contributed by atoms with Gasteiger partial charge in [0, 0.05) is 0 Å². The molecule has 2 rings (SSSR count). The molecule has 0 atom stereocenters. The van der Waals surface area contributed by atoms with Crippen molar-refractivity contribution in [2.75, 3.05) is 6.61 Å². The number of rotatable bonds is 7. The standard InChI is InChI=1S/C15H22O2/c1-2-3-4-5-12-8-9-14(16)15(10-12)17-11-13-6-7-13/h8-10,13,16H,2-7,11H2,1H3. The number of phenols is 1. The second kappa shape index (κ2) is 5.95. The molecule has 2 nitrogen and oxygen atoms in total. The van der Waals surface area contributed by atoms with Crippen LogP contribution >= 0.6 is 0 Å². The summed E-state index contributed by atoms with van der Waals surface area (Å²) in [4.78, 5) is 0. The number of hydrogen-bond donors (Lipinski definition) is 1. The van der Waals surface area contributed by atoms with E-state index in [1.54, 1.807) is 6.07 Å². The van der Waals surface area contributed by atoms with Gasteiger partial charge in [0.05, 0.1) is 6.61 Å². The number of phenolic OH excluding ortho intramolecular Hbond substituents is 1. The number of unbranched alkanes of at least 4 members (excludes halogenated alkanes) is 2. The van der Waals surface area contributed by atoms with Gasteiger partial charge in [0.25, 0.3) is 0 Å². The Kier molecular flexibility index (Phi) is 4.29. The van der Waals surface area contributed by atoms with Crippen molar-refractivity contribution in [1.82, 2.24) is 0 Å². The molecule has 1 aliphatic carbocycles. The summed E-state index contributed by atoms with van der Waals surface area (Å²) in [5.41, 5.74) is 1.27. The fourth-order valence-corrected chi connectivity index (χ4v) is 1.90. The summed E-state index contributed by atoms with van der Waals surface area (Å²) in [5, 5.41) is 9.71. The molecular weight excluding hydrogens is 212 g/mol. The minimum Gasteiger partial charge on any atom is -0.504 e. The van der Waals surface area contributed by atoms with E-state index in [0.717, 1.165) is 18.9 Å². The van der Waals surface area contributed by atoms with Crippen molar-refractivity contribution < 1.29 is 9.84 Å². The Morgan fingerprint density at radius 2 is 2.12 bits per heavy atom. The van der Waals surface area contributed by atoms with E-state index in [-0.39, 0.29) is 5.75 Å². The van der Waals surface area contributed by atoms with Gasteiger partial charge in [-0.2, -0.15) is 0 Å². The predicted octanol–water partition coefficient (Wildman–Crippen LogP) is 3.91. The average Bonchev–Trinajstić information content (AvgIpc) is 3.14. The molecule has 0 saturated heterocycles. The van der Waals surface area contributed by atoms with Gasteiger partial charge in [-0.05, 0) is 49.3 Å². The first-order chi connectivity index (χ1) is 8.29. The molecule has 1 N–H and O–H groups in total. The van der Waals surface area contributed by atoms with Crippen LogP contribution in [0.25, 0.3) is 0 Å². The van der Waals surface area contributed by atoms with E-state index in [4.69, 9.17) is 4.74 Å². The van der Waals surface area contributed by atoms with Crippen molar-refractivity contribution in [2.24, 2.45) is 5.92 Å². The van der Waals surface area contributed by atoms with Crippen LogP contribution < -0.4 is 4.74 Å². The Bertz CT molecular complexity index is 356. The Balaban J connectivity index is 1.90. The van der Waals surface area contributed by atoms with Crippen molar-refractivity contribution in [3.63, 3.8) is 0 Å². The van der Waals surface area contributed by atoms with Crippen LogP contribution in [0.15, 0.2) is 18.2 Å².